The molecule has 6 nitrogen and oxygen atoms in total. The lowest BCUT2D eigenvalue weighted by atomic mass is 9.89. The number of aromatic nitrogens is 2. The fourth-order valence-corrected chi connectivity index (χ4v) is 2.38. The zero-order valence-electron chi connectivity index (χ0n) is 9.48. The Morgan fingerprint density at radius 3 is 2.94 bits per heavy atom. The Kier molecular flexibility index (Phi) is 2.94. The van der Waals surface area contributed by atoms with Crippen LogP contribution in [0.15, 0.2) is 10.7 Å². The summed E-state index contributed by atoms with van der Waals surface area (Å²) in [4.78, 5) is 21.4. The van der Waals surface area contributed by atoms with Gasteiger partial charge in [-0.05, 0) is 29.3 Å². The number of anilines is 2. The maximum atomic E-state index is 11.4. The summed E-state index contributed by atoms with van der Waals surface area (Å²) in [7, 11) is 0. The molecule has 1 fully saturated rings. The van der Waals surface area contributed by atoms with E-state index in [2.05, 4.69) is 25.9 Å². The summed E-state index contributed by atoms with van der Waals surface area (Å²) in [6.07, 6.45) is 2.33. The highest BCUT2D eigenvalue weighted by Gasteiger charge is 2.39. The predicted octanol–water partition coefficient (Wildman–Crippen LogP) is 0.523. The van der Waals surface area contributed by atoms with Gasteiger partial charge in [0.2, 0.25) is 11.9 Å². The van der Waals surface area contributed by atoms with Crippen molar-refractivity contribution in [2.24, 2.45) is 11.1 Å². The number of nitrogens with zero attached hydrogens (tertiary/aromatic N) is 3. The Morgan fingerprint density at radius 1 is 1.65 bits per heavy atom. The van der Waals surface area contributed by atoms with E-state index in [1.54, 1.807) is 6.20 Å². The number of halogens is 1. The summed E-state index contributed by atoms with van der Waals surface area (Å²) in [5, 5.41) is 0. The van der Waals surface area contributed by atoms with Gasteiger partial charge in [-0.25, -0.2) is 4.98 Å². The molecule has 0 bridgehead atoms. The standard InChI is InChI=1S/C10H14BrN5O/c1-10(8(12)17)2-3-16(5-10)7-6(11)4-14-9(13)15-7/h4H,2-3,5H2,1H3,(H2,12,17)(H2,13,14,15). The number of rotatable bonds is 2. The van der Waals surface area contributed by atoms with E-state index in [1.807, 2.05) is 11.8 Å². The molecule has 1 aromatic rings. The molecule has 1 saturated heterocycles. The molecule has 17 heavy (non-hydrogen) atoms. The Bertz CT molecular complexity index is 466. The first-order valence-electron chi connectivity index (χ1n) is 5.25. The van der Waals surface area contributed by atoms with Crippen molar-refractivity contribution in [3.63, 3.8) is 0 Å². The van der Waals surface area contributed by atoms with Crippen LogP contribution in [0.2, 0.25) is 0 Å². The monoisotopic (exact) mass is 299 g/mol. The quantitative estimate of drug-likeness (QED) is 0.830. The minimum absolute atomic E-state index is 0.218. The minimum Gasteiger partial charge on any atom is -0.369 e. The SMILES string of the molecule is CC1(C(N)=O)CCN(c2nc(N)ncc2Br)C1. The Labute approximate surface area is 108 Å². The number of nitrogen functional groups attached to an aromatic ring is 1. The number of primary amides is 1. The molecule has 92 valence electrons. The minimum atomic E-state index is -0.501. The first-order chi connectivity index (χ1) is 7.92. The molecule has 0 radical (unpaired) electrons. The number of carbonyl (C=O) groups is 1. The molecule has 1 aromatic heterocycles. The third-order valence-electron chi connectivity index (χ3n) is 3.11. The first kappa shape index (κ1) is 12.1. The highest BCUT2D eigenvalue weighted by Crippen LogP contribution is 2.34. The maximum Gasteiger partial charge on any atom is 0.225 e. The van der Waals surface area contributed by atoms with Gasteiger partial charge in [0.1, 0.15) is 5.82 Å². The van der Waals surface area contributed by atoms with Gasteiger partial charge >= 0.3 is 0 Å². The van der Waals surface area contributed by atoms with Crippen molar-refractivity contribution < 1.29 is 4.79 Å². The summed E-state index contributed by atoms with van der Waals surface area (Å²) in [5.41, 5.74) is 10.5. The molecule has 0 aliphatic carbocycles. The van der Waals surface area contributed by atoms with E-state index in [1.165, 1.54) is 0 Å². The van der Waals surface area contributed by atoms with E-state index in [-0.39, 0.29) is 11.9 Å². The highest BCUT2D eigenvalue weighted by molar-refractivity contribution is 9.10. The van der Waals surface area contributed by atoms with Crippen LogP contribution in [0.1, 0.15) is 13.3 Å². The Hall–Kier alpha value is -1.37. The second-order valence-corrected chi connectivity index (χ2v) is 5.35. The van der Waals surface area contributed by atoms with Crippen LogP contribution in [0, 0.1) is 5.41 Å². The zero-order valence-corrected chi connectivity index (χ0v) is 11.1. The molecule has 1 aliphatic heterocycles. The number of carbonyl (C=O) groups excluding carboxylic acids is 1. The second-order valence-electron chi connectivity index (χ2n) is 4.50. The molecule has 0 saturated carbocycles. The molecule has 7 heteroatoms. The van der Waals surface area contributed by atoms with Gasteiger partial charge in [-0.2, -0.15) is 4.98 Å². The lowest BCUT2D eigenvalue weighted by molar-refractivity contribution is -0.125. The molecular weight excluding hydrogens is 286 g/mol. The molecule has 1 aliphatic rings. The smallest absolute Gasteiger partial charge is 0.225 e. The lowest BCUT2D eigenvalue weighted by Gasteiger charge is -2.22. The van der Waals surface area contributed by atoms with Gasteiger partial charge in [0.15, 0.2) is 0 Å². The third-order valence-corrected chi connectivity index (χ3v) is 3.67. The van der Waals surface area contributed by atoms with E-state index in [4.69, 9.17) is 11.5 Å². The third kappa shape index (κ3) is 2.19. The van der Waals surface area contributed by atoms with Crippen molar-refractivity contribution >= 4 is 33.6 Å². The molecule has 1 atom stereocenters. The van der Waals surface area contributed by atoms with Gasteiger partial charge < -0.3 is 16.4 Å². The van der Waals surface area contributed by atoms with Gasteiger partial charge in [-0.1, -0.05) is 0 Å². The average Bonchev–Trinajstić information content (AvgIpc) is 2.66. The second kappa shape index (κ2) is 4.14. The normalized spacial score (nSPS) is 24.0. The van der Waals surface area contributed by atoms with Gasteiger partial charge in [0.05, 0.1) is 9.89 Å². The van der Waals surface area contributed by atoms with Crippen LogP contribution in [-0.4, -0.2) is 29.0 Å². The molecule has 1 amide bonds. The van der Waals surface area contributed by atoms with Gasteiger partial charge in [-0.3, -0.25) is 4.79 Å². The Balaban J connectivity index is 2.26. The number of nitrogens with two attached hydrogens (primary N) is 2. The number of hydrogen-bond acceptors (Lipinski definition) is 5. The van der Waals surface area contributed by atoms with Crippen LogP contribution in [-0.2, 0) is 4.79 Å². The van der Waals surface area contributed by atoms with Gasteiger partial charge in [0.25, 0.3) is 0 Å². The van der Waals surface area contributed by atoms with E-state index < -0.39 is 5.41 Å². The van der Waals surface area contributed by atoms with Crippen molar-refractivity contribution in [1.82, 2.24) is 9.97 Å². The van der Waals surface area contributed by atoms with Crippen molar-refractivity contribution in [3.05, 3.63) is 10.7 Å². The van der Waals surface area contributed by atoms with Crippen molar-refractivity contribution in [1.29, 1.82) is 0 Å². The van der Waals surface area contributed by atoms with E-state index in [9.17, 15) is 4.79 Å². The van der Waals surface area contributed by atoms with E-state index >= 15 is 0 Å². The molecule has 0 aromatic carbocycles. The van der Waals surface area contributed by atoms with Crippen molar-refractivity contribution in [3.8, 4) is 0 Å². The van der Waals surface area contributed by atoms with Crippen LogP contribution in [0.3, 0.4) is 0 Å². The van der Waals surface area contributed by atoms with E-state index in [0.717, 1.165) is 17.4 Å². The summed E-state index contributed by atoms with van der Waals surface area (Å²) in [5.74, 6) is 0.650. The molecule has 0 spiro atoms. The molecule has 1 unspecified atom stereocenters. The lowest BCUT2D eigenvalue weighted by Crippen LogP contribution is -2.37. The van der Waals surface area contributed by atoms with E-state index in [0.29, 0.717) is 12.4 Å². The zero-order chi connectivity index (χ0) is 12.6. The van der Waals surface area contributed by atoms with Gasteiger partial charge in [0, 0.05) is 19.3 Å². The topological polar surface area (TPSA) is 98.1 Å². The molecule has 2 heterocycles. The van der Waals surface area contributed by atoms with Crippen LogP contribution in [0.4, 0.5) is 11.8 Å². The molecular formula is C10H14BrN5O. The van der Waals surface area contributed by atoms with Crippen LogP contribution >= 0.6 is 15.9 Å². The summed E-state index contributed by atoms with van der Waals surface area (Å²) >= 11 is 3.38. The number of amides is 1. The van der Waals surface area contributed by atoms with Gasteiger partial charge in [-0.15, -0.1) is 0 Å². The average molecular weight is 300 g/mol. The Morgan fingerprint density at radius 2 is 2.35 bits per heavy atom. The van der Waals surface area contributed by atoms with Crippen molar-refractivity contribution in [2.75, 3.05) is 23.7 Å². The predicted molar refractivity (Wildman–Crippen MR) is 68.3 cm³/mol. The van der Waals surface area contributed by atoms with Crippen LogP contribution < -0.4 is 16.4 Å². The van der Waals surface area contributed by atoms with Crippen LogP contribution in [0.5, 0.6) is 0 Å². The van der Waals surface area contributed by atoms with Crippen LogP contribution in [0.25, 0.3) is 0 Å². The summed E-state index contributed by atoms with van der Waals surface area (Å²) < 4.78 is 0.764. The largest absolute Gasteiger partial charge is 0.369 e. The fourth-order valence-electron chi connectivity index (χ4n) is 1.94. The molecule has 2 rings (SSSR count). The molecule has 4 N–H and O–H groups in total. The first-order valence-corrected chi connectivity index (χ1v) is 6.04. The summed E-state index contributed by atoms with van der Waals surface area (Å²) in [6.45, 7) is 3.15. The van der Waals surface area contributed by atoms with Crippen molar-refractivity contribution in [2.45, 2.75) is 13.3 Å². The maximum absolute atomic E-state index is 11.4. The summed E-state index contributed by atoms with van der Waals surface area (Å²) in [6, 6.07) is 0. The fraction of sp³-hybridized carbons (Fsp3) is 0.500. The highest BCUT2D eigenvalue weighted by atomic mass is 79.9. The number of hydrogen-bond donors (Lipinski definition) is 2.